The van der Waals surface area contributed by atoms with Crippen LogP contribution >= 0.6 is 0 Å². The number of likely N-dealkylation sites (N-methyl/N-ethyl adjacent to an activating group) is 1. The van der Waals surface area contributed by atoms with E-state index in [9.17, 15) is 13.2 Å². The number of oxime groups is 1. The van der Waals surface area contributed by atoms with Gasteiger partial charge in [0, 0.05) is 24.6 Å². The van der Waals surface area contributed by atoms with Crippen LogP contribution in [0.15, 0.2) is 11.2 Å². The highest BCUT2D eigenvalue weighted by atomic mass is 19.4. The average molecular weight is 346 g/mol. The van der Waals surface area contributed by atoms with Crippen LogP contribution in [-0.4, -0.2) is 49.5 Å². The van der Waals surface area contributed by atoms with Crippen LogP contribution in [0.1, 0.15) is 23.6 Å². The van der Waals surface area contributed by atoms with Gasteiger partial charge in [-0.05, 0) is 25.1 Å². The van der Waals surface area contributed by atoms with Gasteiger partial charge in [0.15, 0.2) is 17.2 Å². The number of ether oxygens (including phenoxy) is 3. The van der Waals surface area contributed by atoms with Crippen molar-refractivity contribution >= 4 is 5.71 Å². The van der Waals surface area contributed by atoms with E-state index in [2.05, 4.69) is 5.16 Å². The van der Waals surface area contributed by atoms with Crippen LogP contribution in [0.5, 0.6) is 17.2 Å². The number of methoxy groups -OCH3 is 1. The molecule has 0 bridgehead atoms. The minimum atomic E-state index is -4.70. The maximum absolute atomic E-state index is 13.0. The molecule has 6 nitrogen and oxygen atoms in total. The minimum absolute atomic E-state index is 0.0427. The van der Waals surface area contributed by atoms with Gasteiger partial charge in [-0.2, -0.15) is 13.2 Å². The number of nitrogens with zero attached hydrogens (tertiary/aromatic N) is 2. The molecule has 1 atom stereocenters. The summed E-state index contributed by atoms with van der Waals surface area (Å²) in [6.07, 6.45) is -4.54. The van der Waals surface area contributed by atoms with E-state index in [1.165, 1.54) is 7.11 Å². The molecule has 3 rings (SSSR count). The number of hydrogen-bond donors (Lipinski definition) is 1. The highest BCUT2D eigenvalue weighted by molar-refractivity contribution is 5.90. The fraction of sp³-hybridized carbons (Fsp3) is 0.533. The lowest BCUT2D eigenvalue weighted by Crippen LogP contribution is -2.36. The van der Waals surface area contributed by atoms with E-state index in [4.69, 9.17) is 19.4 Å². The highest BCUT2D eigenvalue weighted by Crippen LogP contribution is 2.50. The Morgan fingerprint density at radius 3 is 2.83 bits per heavy atom. The molecule has 0 saturated carbocycles. The van der Waals surface area contributed by atoms with Crippen LogP contribution in [0.25, 0.3) is 0 Å². The van der Waals surface area contributed by atoms with Crippen molar-refractivity contribution in [2.75, 3.05) is 27.5 Å². The maximum atomic E-state index is 13.0. The van der Waals surface area contributed by atoms with Gasteiger partial charge in [-0.3, -0.25) is 4.90 Å². The zero-order valence-electron chi connectivity index (χ0n) is 13.2. The largest absolute Gasteiger partial charge is 0.492 e. The van der Waals surface area contributed by atoms with Gasteiger partial charge >= 0.3 is 6.18 Å². The van der Waals surface area contributed by atoms with E-state index in [-0.39, 0.29) is 6.79 Å². The zero-order chi connectivity index (χ0) is 17.5. The summed E-state index contributed by atoms with van der Waals surface area (Å²) in [6, 6.07) is 1.13. The average Bonchev–Trinajstić information content (AvgIpc) is 2.98. The first kappa shape index (κ1) is 16.7. The van der Waals surface area contributed by atoms with Crippen molar-refractivity contribution in [2.24, 2.45) is 5.16 Å². The predicted octanol–water partition coefficient (Wildman–Crippen LogP) is 2.74. The molecular weight excluding hydrogens is 329 g/mol. The summed E-state index contributed by atoms with van der Waals surface area (Å²) in [4.78, 5) is 1.78. The Morgan fingerprint density at radius 1 is 1.46 bits per heavy atom. The number of fused-ring (bicyclic) bond motifs is 2. The van der Waals surface area contributed by atoms with Crippen LogP contribution in [-0.2, 0) is 6.42 Å². The molecule has 1 unspecified atom stereocenters. The van der Waals surface area contributed by atoms with Crippen molar-refractivity contribution < 1.29 is 32.6 Å². The van der Waals surface area contributed by atoms with E-state index >= 15 is 0 Å². The molecule has 1 N–H and O–H groups in total. The number of alkyl halides is 3. The molecule has 0 fully saturated rings. The normalized spacial score (nSPS) is 20.9. The molecule has 132 valence electrons. The van der Waals surface area contributed by atoms with Gasteiger partial charge in [0.1, 0.15) is 0 Å². The van der Waals surface area contributed by atoms with Gasteiger partial charge < -0.3 is 19.4 Å². The number of halogens is 3. The molecule has 0 aromatic heterocycles. The van der Waals surface area contributed by atoms with E-state index in [1.54, 1.807) is 18.0 Å². The van der Waals surface area contributed by atoms with Crippen molar-refractivity contribution in [2.45, 2.75) is 25.1 Å². The molecule has 0 aliphatic carbocycles. The molecule has 2 heterocycles. The lowest BCUT2D eigenvalue weighted by Gasteiger charge is -2.36. The summed E-state index contributed by atoms with van der Waals surface area (Å²) in [5.41, 5.74) is 0.228. The highest BCUT2D eigenvalue weighted by Gasteiger charge is 2.41. The maximum Gasteiger partial charge on any atom is 0.432 e. The molecule has 0 radical (unpaired) electrons. The van der Waals surface area contributed by atoms with Crippen LogP contribution in [0.2, 0.25) is 0 Å². The Bertz CT molecular complexity index is 676. The lowest BCUT2D eigenvalue weighted by atomic mass is 9.88. The Hall–Kier alpha value is -2.16. The van der Waals surface area contributed by atoms with Gasteiger partial charge in [-0.25, -0.2) is 0 Å². The van der Waals surface area contributed by atoms with E-state index in [1.807, 2.05) is 0 Å². The van der Waals surface area contributed by atoms with Crippen molar-refractivity contribution in [1.82, 2.24) is 4.90 Å². The first-order chi connectivity index (χ1) is 11.4. The Balaban J connectivity index is 2.07. The third-order valence-corrected chi connectivity index (χ3v) is 4.38. The molecule has 2 aliphatic heterocycles. The second-order valence-electron chi connectivity index (χ2n) is 5.71. The summed E-state index contributed by atoms with van der Waals surface area (Å²) < 4.78 is 55.2. The van der Waals surface area contributed by atoms with E-state index in [0.717, 1.165) is 5.56 Å². The van der Waals surface area contributed by atoms with Gasteiger partial charge in [-0.15, -0.1) is 0 Å². The summed E-state index contributed by atoms with van der Waals surface area (Å²) >= 11 is 0. The second kappa shape index (κ2) is 6.04. The predicted molar refractivity (Wildman–Crippen MR) is 78.1 cm³/mol. The molecule has 0 spiro atoms. The molecule has 1 aromatic carbocycles. The topological polar surface area (TPSA) is 63.5 Å². The van der Waals surface area contributed by atoms with Crippen LogP contribution in [0.3, 0.4) is 0 Å². The minimum Gasteiger partial charge on any atom is -0.492 e. The van der Waals surface area contributed by atoms with Crippen molar-refractivity contribution in [3.8, 4) is 17.2 Å². The quantitative estimate of drug-likeness (QED) is 0.518. The smallest absolute Gasteiger partial charge is 0.432 e. The number of hydrogen-bond acceptors (Lipinski definition) is 6. The van der Waals surface area contributed by atoms with Crippen LogP contribution in [0.4, 0.5) is 13.2 Å². The van der Waals surface area contributed by atoms with Crippen LogP contribution < -0.4 is 14.2 Å². The Morgan fingerprint density at radius 2 is 2.21 bits per heavy atom. The molecule has 9 heteroatoms. The molecule has 0 amide bonds. The van der Waals surface area contributed by atoms with Crippen molar-refractivity contribution in [1.29, 1.82) is 0 Å². The van der Waals surface area contributed by atoms with E-state index < -0.39 is 24.4 Å². The molecule has 0 saturated heterocycles. The fourth-order valence-corrected chi connectivity index (χ4v) is 3.18. The SMILES string of the molecule is COc1c2c(cc3c1C(C/C(=N/O)C(F)(F)F)N(C)CC3)OCO2. The van der Waals surface area contributed by atoms with Gasteiger partial charge in [0.05, 0.1) is 7.11 Å². The Kier molecular flexibility index (Phi) is 4.20. The van der Waals surface area contributed by atoms with Crippen molar-refractivity contribution in [3.63, 3.8) is 0 Å². The molecular formula is C15H17F3N2O4. The second-order valence-corrected chi connectivity index (χ2v) is 5.71. The fourth-order valence-electron chi connectivity index (χ4n) is 3.18. The first-order valence-corrected chi connectivity index (χ1v) is 7.34. The third kappa shape index (κ3) is 2.72. The van der Waals surface area contributed by atoms with E-state index in [0.29, 0.717) is 35.8 Å². The summed E-state index contributed by atoms with van der Waals surface area (Å²) in [6.45, 7) is 0.609. The standard InChI is InChI=1S/C15H17F3N2O4/c1-20-4-3-8-5-10-13(24-7-23-10)14(22-2)12(8)9(20)6-11(19-21)15(16,17)18/h5,9,21H,3-4,6-7H2,1-2H3/b19-11-. The monoisotopic (exact) mass is 346 g/mol. The third-order valence-electron chi connectivity index (χ3n) is 4.38. The molecule has 2 aliphatic rings. The summed E-state index contributed by atoms with van der Waals surface area (Å²) in [7, 11) is 3.16. The first-order valence-electron chi connectivity index (χ1n) is 7.34. The van der Waals surface area contributed by atoms with Crippen molar-refractivity contribution in [3.05, 3.63) is 17.2 Å². The van der Waals surface area contributed by atoms with Crippen LogP contribution in [0, 0.1) is 0 Å². The van der Waals surface area contributed by atoms with Gasteiger partial charge in [0.25, 0.3) is 0 Å². The molecule has 24 heavy (non-hydrogen) atoms. The summed E-state index contributed by atoms with van der Waals surface area (Å²) in [5, 5.41) is 11.2. The van der Waals surface area contributed by atoms with Gasteiger partial charge in [0.2, 0.25) is 12.5 Å². The zero-order valence-corrected chi connectivity index (χ0v) is 13.2. The number of rotatable bonds is 3. The molecule has 1 aromatic rings. The summed E-state index contributed by atoms with van der Waals surface area (Å²) in [5.74, 6) is 1.29. The van der Waals surface area contributed by atoms with Gasteiger partial charge in [-0.1, -0.05) is 5.16 Å². The number of benzene rings is 1. The Labute approximate surface area is 136 Å². The lowest BCUT2D eigenvalue weighted by molar-refractivity contribution is -0.0638.